The summed E-state index contributed by atoms with van der Waals surface area (Å²) >= 11 is 0. The van der Waals surface area contributed by atoms with Gasteiger partial charge in [0.2, 0.25) is 11.8 Å². The summed E-state index contributed by atoms with van der Waals surface area (Å²) in [5.41, 5.74) is 6.42. The van der Waals surface area contributed by atoms with Gasteiger partial charge in [-0.1, -0.05) is 92.7 Å². The third-order valence-corrected chi connectivity index (χ3v) is 12.1. The average Bonchev–Trinajstić information content (AvgIpc) is 4.14. The number of nitrogens with one attached hydrogen (secondary N) is 4. The highest BCUT2D eigenvalue weighted by molar-refractivity contribution is 5.89. The maximum Gasteiger partial charge on any atom is 0.407 e. The zero-order valence-corrected chi connectivity index (χ0v) is 34.7. The minimum absolute atomic E-state index is 0.111. The van der Waals surface area contributed by atoms with E-state index in [1.807, 2.05) is 61.2 Å². The van der Waals surface area contributed by atoms with Crippen LogP contribution in [-0.4, -0.2) is 109 Å². The van der Waals surface area contributed by atoms with Crippen LogP contribution in [0.25, 0.3) is 33.6 Å². The number of aliphatic hydroxyl groups excluding tert-OH is 1. The van der Waals surface area contributed by atoms with Gasteiger partial charge in [0.15, 0.2) is 0 Å². The van der Waals surface area contributed by atoms with Gasteiger partial charge in [0.25, 0.3) is 0 Å². The minimum Gasteiger partial charge on any atom is -0.453 e. The number of aliphatic hydroxyl groups is 1. The molecule has 0 saturated carbocycles. The molecule has 3 fully saturated rings. The number of amides is 5. The maximum absolute atomic E-state index is 14.2. The Morgan fingerprint density at radius 3 is 1.72 bits per heavy atom. The van der Waals surface area contributed by atoms with Crippen LogP contribution in [-0.2, 0) is 14.3 Å². The van der Waals surface area contributed by atoms with Gasteiger partial charge < -0.3 is 45.1 Å². The molecular weight excluding hydrogens is 775 g/mol. The number of aromatic nitrogens is 4. The van der Waals surface area contributed by atoms with Crippen LogP contribution in [0.15, 0.2) is 91.3 Å². The van der Waals surface area contributed by atoms with Crippen molar-refractivity contribution >= 4 is 23.9 Å². The summed E-state index contributed by atoms with van der Waals surface area (Å²) in [5, 5.41) is 15.6. The first kappa shape index (κ1) is 41.3. The van der Waals surface area contributed by atoms with E-state index < -0.39 is 24.3 Å². The molecule has 0 spiro atoms. The van der Waals surface area contributed by atoms with Crippen molar-refractivity contribution in [3.63, 3.8) is 0 Å². The number of ether oxygens (including phenoxy) is 1. The smallest absolute Gasteiger partial charge is 0.407 e. The molecule has 0 aliphatic carbocycles. The Hall–Kier alpha value is -6.48. The molecule has 3 aromatic carbocycles. The SMILES string of the molecule is COC(=O)N[C@H](C(=O)N1CCC[C@H]1c1ncc(-c2ccc(-c3ccc(-c4cnc([C@@H]5CCCN5C(=O)[C@H](NC(=O)N5CC[C@H](O)C5)c5ccccc5)[nH]4)cc3)cc2)[nH]1)C(C)C. The molecule has 3 saturated heterocycles. The molecule has 15 heteroatoms. The summed E-state index contributed by atoms with van der Waals surface area (Å²) < 4.78 is 4.76. The number of hydrogen-bond donors (Lipinski definition) is 5. The Morgan fingerprint density at radius 2 is 1.23 bits per heavy atom. The van der Waals surface area contributed by atoms with E-state index in [9.17, 15) is 24.3 Å². The Labute approximate surface area is 354 Å². The minimum atomic E-state index is -0.873. The molecule has 8 rings (SSSR count). The van der Waals surface area contributed by atoms with Crippen LogP contribution in [0.2, 0.25) is 0 Å². The molecule has 5 atom stereocenters. The van der Waals surface area contributed by atoms with Gasteiger partial charge in [0.05, 0.1) is 49.1 Å². The van der Waals surface area contributed by atoms with Gasteiger partial charge in [-0.25, -0.2) is 19.6 Å². The number of likely N-dealkylation sites (tertiary alicyclic amines) is 3. The number of carbonyl (C=O) groups excluding carboxylic acids is 4. The molecule has 0 radical (unpaired) electrons. The number of imidazole rings is 2. The number of nitrogens with zero attached hydrogens (tertiary/aromatic N) is 5. The lowest BCUT2D eigenvalue weighted by atomic mass is 10.0. The summed E-state index contributed by atoms with van der Waals surface area (Å²) in [6, 6.07) is 23.4. The second-order valence-corrected chi connectivity index (χ2v) is 16.4. The van der Waals surface area contributed by atoms with E-state index >= 15 is 0 Å². The highest BCUT2D eigenvalue weighted by Gasteiger charge is 2.39. The third kappa shape index (κ3) is 8.87. The van der Waals surface area contributed by atoms with Crippen LogP contribution in [0.1, 0.15) is 81.3 Å². The van der Waals surface area contributed by atoms with Gasteiger partial charge in [-0.05, 0) is 65.8 Å². The lowest BCUT2D eigenvalue weighted by Crippen LogP contribution is -2.51. The van der Waals surface area contributed by atoms with Crippen molar-refractivity contribution in [1.82, 2.24) is 45.3 Å². The average molecular weight is 828 g/mol. The quantitative estimate of drug-likeness (QED) is 0.102. The summed E-state index contributed by atoms with van der Waals surface area (Å²) in [4.78, 5) is 74.5. The summed E-state index contributed by atoms with van der Waals surface area (Å²) in [6.07, 6.45) is 6.11. The number of methoxy groups -OCH3 is 1. The first-order valence-electron chi connectivity index (χ1n) is 21.1. The van der Waals surface area contributed by atoms with E-state index in [1.165, 1.54) is 7.11 Å². The maximum atomic E-state index is 14.2. The van der Waals surface area contributed by atoms with Crippen molar-refractivity contribution < 1.29 is 29.0 Å². The van der Waals surface area contributed by atoms with E-state index in [2.05, 4.69) is 62.0 Å². The molecule has 0 unspecified atom stereocenters. The number of H-pyrrole nitrogens is 2. The predicted octanol–water partition coefficient (Wildman–Crippen LogP) is 6.36. The van der Waals surface area contributed by atoms with Gasteiger partial charge in [0, 0.05) is 26.2 Å². The number of aromatic amines is 2. The number of alkyl carbamates (subject to hydrolysis) is 1. The third-order valence-electron chi connectivity index (χ3n) is 12.1. The summed E-state index contributed by atoms with van der Waals surface area (Å²) in [5.74, 6) is 0.969. The van der Waals surface area contributed by atoms with Crippen molar-refractivity contribution in [2.75, 3.05) is 33.3 Å². The van der Waals surface area contributed by atoms with E-state index in [0.717, 1.165) is 65.1 Å². The lowest BCUT2D eigenvalue weighted by Gasteiger charge is -2.30. The van der Waals surface area contributed by atoms with Gasteiger partial charge in [-0.3, -0.25) is 9.59 Å². The largest absolute Gasteiger partial charge is 0.453 e. The molecule has 15 nitrogen and oxygen atoms in total. The Bertz CT molecular complexity index is 2330. The van der Waals surface area contributed by atoms with Gasteiger partial charge in [0.1, 0.15) is 23.7 Å². The molecule has 61 heavy (non-hydrogen) atoms. The van der Waals surface area contributed by atoms with Gasteiger partial charge in [-0.2, -0.15) is 0 Å². The number of urea groups is 1. The molecule has 3 aliphatic rings. The lowest BCUT2D eigenvalue weighted by molar-refractivity contribution is -0.135. The first-order chi connectivity index (χ1) is 29.6. The van der Waals surface area contributed by atoms with Crippen molar-refractivity contribution in [2.45, 2.75) is 76.2 Å². The molecule has 5 aromatic rings. The van der Waals surface area contributed by atoms with Crippen molar-refractivity contribution in [3.8, 4) is 33.6 Å². The number of rotatable bonds is 11. The Morgan fingerprint density at radius 1 is 0.705 bits per heavy atom. The molecular formula is C46H53N9O6. The van der Waals surface area contributed by atoms with Crippen LogP contribution >= 0.6 is 0 Å². The highest BCUT2D eigenvalue weighted by atomic mass is 16.5. The normalized spacial score (nSPS) is 19.9. The van der Waals surface area contributed by atoms with E-state index in [4.69, 9.17) is 9.72 Å². The van der Waals surface area contributed by atoms with Crippen molar-refractivity contribution in [2.24, 2.45) is 5.92 Å². The van der Waals surface area contributed by atoms with Crippen molar-refractivity contribution in [3.05, 3.63) is 108 Å². The van der Waals surface area contributed by atoms with E-state index in [0.29, 0.717) is 37.4 Å². The summed E-state index contributed by atoms with van der Waals surface area (Å²) in [6.45, 7) is 5.62. The number of β-amino-alcohol motifs (C(OH)–C–C–N with tert-alkyl or cyclic N) is 1. The van der Waals surface area contributed by atoms with E-state index in [-0.39, 0.29) is 42.4 Å². The van der Waals surface area contributed by atoms with Gasteiger partial charge in [-0.15, -0.1) is 0 Å². The zero-order chi connectivity index (χ0) is 42.6. The van der Waals surface area contributed by atoms with Crippen LogP contribution in [0.4, 0.5) is 9.59 Å². The molecule has 2 aromatic heterocycles. The van der Waals surface area contributed by atoms with Crippen LogP contribution in [0, 0.1) is 5.92 Å². The molecule has 0 bridgehead atoms. The predicted molar refractivity (Wildman–Crippen MR) is 228 cm³/mol. The molecule has 5 amide bonds. The Kier molecular flexibility index (Phi) is 12.2. The topological polar surface area (TPSA) is 189 Å². The fourth-order valence-electron chi connectivity index (χ4n) is 8.74. The first-order valence-corrected chi connectivity index (χ1v) is 21.1. The number of hydrogen-bond acceptors (Lipinski definition) is 8. The molecule has 3 aliphatic heterocycles. The number of benzene rings is 3. The number of carbonyl (C=O) groups is 4. The van der Waals surface area contributed by atoms with Crippen LogP contribution in [0.5, 0.6) is 0 Å². The highest BCUT2D eigenvalue weighted by Crippen LogP contribution is 2.36. The molecule has 318 valence electrons. The van der Waals surface area contributed by atoms with Crippen LogP contribution < -0.4 is 10.6 Å². The zero-order valence-electron chi connectivity index (χ0n) is 34.7. The fourth-order valence-corrected chi connectivity index (χ4v) is 8.74. The monoisotopic (exact) mass is 827 g/mol. The second kappa shape index (κ2) is 18.0. The van der Waals surface area contributed by atoms with Crippen molar-refractivity contribution in [1.29, 1.82) is 0 Å². The fraction of sp³-hybridized carbons (Fsp3) is 0.391. The molecule has 5 heterocycles. The van der Waals surface area contributed by atoms with Crippen LogP contribution in [0.3, 0.4) is 0 Å². The molecule has 5 N–H and O–H groups in total. The summed E-state index contributed by atoms with van der Waals surface area (Å²) in [7, 11) is 1.29. The Balaban J connectivity index is 0.919. The standard InChI is InChI=1S/C46H53N9O6/c1-28(2)39(52-46(60)61-3)43(57)54-22-7-11-37(54)41-47-25-35(49-41)31-17-13-29(14-18-31)30-15-19-32(20-16-30)36-26-48-42(50-36)38-12-8-23-55(38)44(58)40(33-9-5-4-6-10-33)51-45(59)53-24-21-34(56)27-53/h4-6,9-10,13-20,25-26,28,34,37-40,56H,7-8,11-12,21-24,27H2,1-3H3,(H,47,49)(H,48,50)(H,51,59)(H,52,60)/t34-,37-,38-,39-,40+/m0/s1. The van der Waals surface area contributed by atoms with Gasteiger partial charge >= 0.3 is 12.1 Å². The van der Waals surface area contributed by atoms with E-state index in [1.54, 1.807) is 22.2 Å². The second-order valence-electron chi connectivity index (χ2n) is 16.4.